The van der Waals surface area contributed by atoms with Crippen molar-refractivity contribution in [2.45, 2.75) is 26.7 Å². The molecule has 0 bridgehead atoms. The fourth-order valence-corrected chi connectivity index (χ4v) is 1.76. The lowest BCUT2D eigenvalue weighted by molar-refractivity contribution is -0.117. The van der Waals surface area contributed by atoms with Crippen LogP contribution in [0.2, 0.25) is 0 Å². The molecule has 0 aromatic rings. The van der Waals surface area contributed by atoms with Gasteiger partial charge in [0.2, 0.25) is 0 Å². The third-order valence-corrected chi connectivity index (χ3v) is 2.05. The van der Waals surface area contributed by atoms with E-state index in [1.54, 1.807) is 13.2 Å². The predicted octanol–water partition coefficient (Wildman–Crippen LogP) is 1.95. The van der Waals surface area contributed by atoms with Crippen LogP contribution in [0.5, 0.6) is 0 Å². The van der Waals surface area contributed by atoms with Crippen molar-refractivity contribution in [3.63, 3.8) is 0 Å². The van der Waals surface area contributed by atoms with Crippen LogP contribution in [0, 0.1) is 5.41 Å². The molecule has 0 aromatic heterocycles. The molecule has 0 unspecified atom stereocenters. The van der Waals surface area contributed by atoms with E-state index in [1.807, 2.05) is 0 Å². The van der Waals surface area contributed by atoms with Gasteiger partial charge in [0.1, 0.15) is 0 Å². The normalized spacial score (nSPS) is 22.2. The second kappa shape index (κ2) is 3.40. The van der Waals surface area contributed by atoms with Crippen molar-refractivity contribution in [1.29, 1.82) is 0 Å². The number of hydrogen-bond acceptors (Lipinski definition) is 2. The number of carbonyl (C=O) groups excluding carboxylic acids is 1. The highest BCUT2D eigenvalue weighted by Crippen LogP contribution is 2.33. The maximum atomic E-state index is 11.2. The first-order valence-corrected chi connectivity index (χ1v) is 4.25. The molecule has 0 saturated carbocycles. The number of carbonyl (C=O) groups is 1. The number of ketones is 1. The zero-order chi connectivity index (χ0) is 9.19. The summed E-state index contributed by atoms with van der Waals surface area (Å²) in [7, 11) is 1.66. The quantitative estimate of drug-likeness (QED) is 0.630. The molecule has 1 rings (SSSR count). The van der Waals surface area contributed by atoms with E-state index >= 15 is 0 Å². The molecule has 0 N–H and O–H groups in total. The lowest BCUT2D eigenvalue weighted by Gasteiger charge is -2.28. The lowest BCUT2D eigenvalue weighted by atomic mass is 9.77. The molecular weight excluding hydrogens is 152 g/mol. The standard InChI is InChI=1S/C10H16O2/c1-10(2)5-8(7-12-3)4-9(11)6-10/h4H,5-7H2,1-3H3. The van der Waals surface area contributed by atoms with E-state index in [4.69, 9.17) is 4.74 Å². The second-order valence-electron chi connectivity index (χ2n) is 4.22. The fourth-order valence-electron chi connectivity index (χ4n) is 1.76. The average molecular weight is 168 g/mol. The maximum Gasteiger partial charge on any atom is 0.156 e. The Morgan fingerprint density at radius 1 is 1.50 bits per heavy atom. The summed E-state index contributed by atoms with van der Waals surface area (Å²) >= 11 is 0. The van der Waals surface area contributed by atoms with Crippen molar-refractivity contribution < 1.29 is 9.53 Å². The highest BCUT2D eigenvalue weighted by Gasteiger charge is 2.26. The van der Waals surface area contributed by atoms with Gasteiger partial charge in [-0.3, -0.25) is 4.79 Å². The first-order chi connectivity index (χ1) is 5.53. The summed E-state index contributed by atoms with van der Waals surface area (Å²) in [5.41, 5.74) is 1.25. The van der Waals surface area contributed by atoms with E-state index in [0.717, 1.165) is 12.0 Å². The van der Waals surface area contributed by atoms with Crippen molar-refractivity contribution in [3.8, 4) is 0 Å². The highest BCUT2D eigenvalue weighted by atomic mass is 16.5. The molecule has 2 nitrogen and oxygen atoms in total. The van der Waals surface area contributed by atoms with Crippen molar-refractivity contribution in [2.75, 3.05) is 13.7 Å². The monoisotopic (exact) mass is 168 g/mol. The molecule has 0 amide bonds. The van der Waals surface area contributed by atoms with Crippen LogP contribution in [0.4, 0.5) is 0 Å². The number of methoxy groups -OCH3 is 1. The van der Waals surface area contributed by atoms with Gasteiger partial charge >= 0.3 is 0 Å². The van der Waals surface area contributed by atoms with Crippen molar-refractivity contribution in [3.05, 3.63) is 11.6 Å². The molecule has 0 saturated heterocycles. The Morgan fingerprint density at radius 2 is 2.17 bits per heavy atom. The highest BCUT2D eigenvalue weighted by molar-refractivity contribution is 5.91. The Hall–Kier alpha value is -0.630. The Kier molecular flexibility index (Phi) is 2.68. The molecule has 0 aromatic carbocycles. The lowest BCUT2D eigenvalue weighted by Crippen LogP contribution is -2.23. The summed E-state index contributed by atoms with van der Waals surface area (Å²) in [4.78, 5) is 11.2. The van der Waals surface area contributed by atoms with Crippen LogP contribution in [-0.2, 0) is 9.53 Å². The summed E-state index contributed by atoms with van der Waals surface area (Å²) in [5.74, 6) is 0.235. The Labute approximate surface area is 73.6 Å². The van der Waals surface area contributed by atoms with E-state index in [9.17, 15) is 4.79 Å². The van der Waals surface area contributed by atoms with E-state index in [-0.39, 0.29) is 11.2 Å². The first kappa shape index (κ1) is 9.46. The van der Waals surface area contributed by atoms with E-state index < -0.39 is 0 Å². The van der Waals surface area contributed by atoms with Crippen LogP contribution >= 0.6 is 0 Å². The van der Waals surface area contributed by atoms with E-state index in [0.29, 0.717) is 13.0 Å². The summed E-state index contributed by atoms with van der Waals surface area (Å²) in [6.45, 7) is 4.83. The van der Waals surface area contributed by atoms with Gasteiger partial charge in [0.15, 0.2) is 5.78 Å². The Bertz CT molecular complexity index is 214. The molecule has 0 fully saturated rings. The molecule has 68 valence electrons. The molecule has 12 heavy (non-hydrogen) atoms. The van der Waals surface area contributed by atoms with Crippen LogP contribution in [0.1, 0.15) is 26.7 Å². The third-order valence-electron chi connectivity index (χ3n) is 2.05. The molecule has 0 atom stereocenters. The van der Waals surface area contributed by atoms with Gasteiger partial charge in [0, 0.05) is 13.5 Å². The topological polar surface area (TPSA) is 26.3 Å². The zero-order valence-electron chi connectivity index (χ0n) is 8.02. The summed E-state index contributed by atoms with van der Waals surface area (Å²) in [6.07, 6.45) is 3.38. The molecule has 1 aliphatic carbocycles. The van der Waals surface area contributed by atoms with Crippen molar-refractivity contribution >= 4 is 5.78 Å². The number of hydrogen-bond donors (Lipinski definition) is 0. The SMILES string of the molecule is COCC1=CC(=O)CC(C)(C)C1. The van der Waals surface area contributed by atoms with E-state index in [1.165, 1.54) is 0 Å². The zero-order valence-corrected chi connectivity index (χ0v) is 8.02. The second-order valence-corrected chi connectivity index (χ2v) is 4.22. The van der Waals surface area contributed by atoms with Crippen LogP contribution in [0.25, 0.3) is 0 Å². The minimum absolute atomic E-state index is 0.125. The Balaban J connectivity index is 2.69. The first-order valence-electron chi connectivity index (χ1n) is 4.25. The van der Waals surface area contributed by atoms with Gasteiger partial charge in [-0.25, -0.2) is 0 Å². The smallest absolute Gasteiger partial charge is 0.156 e. The molecule has 0 spiro atoms. The fraction of sp³-hybridized carbons (Fsp3) is 0.700. The average Bonchev–Trinajstić information content (AvgIpc) is 1.82. The summed E-state index contributed by atoms with van der Waals surface area (Å²) in [5, 5.41) is 0. The largest absolute Gasteiger partial charge is 0.380 e. The third kappa shape index (κ3) is 2.45. The number of ether oxygens (including phenoxy) is 1. The molecule has 2 heteroatoms. The van der Waals surface area contributed by atoms with Gasteiger partial charge in [0.25, 0.3) is 0 Å². The van der Waals surface area contributed by atoms with Gasteiger partial charge in [-0.2, -0.15) is 0 Å². The van der Waals surface area contributed by atoms with Gasteiger partial charge in [-0.15, -0.1) is 0 Å². The van der Waals surface area contributed by atoms with Crippen LogP contribution in [0.3, 0.4) is 0 Å². The molecular formula is C10H16O2. The van der Waals surface area contributed by atoms with Gasteiger partial charge in [-0.1, -0.05) is 13.8 Å². The maximum absolute atomic E-state index is 11.2. The summed E-state index contributed by atoms with van der Waals surface area (Å²) < 4.78 is 5.00. The van der Waals surface area contributed by atoms with Crippen LogP contribution in [0.15, 0.2) is 11.6 Å². The van der Waals surface area contributed by atoms with Crippen LogP contribution < -0.4 is 0 Å². The molecule has 0 radical (unpaired) electrons. The van der Waals surface area contributed by atoms with Gasteiger partial charge in [-0.05, 0) is 23.5 Å². The molecule has 0 heterocycles. The van der Waals surface area contributed by atoms with Gasteiger partial charge in [0.05, 0.1) is 6.61 Å². The van der Waals surface area contributed by atoms with Crippen molar-refractivity contribution in [2.24, 2.45) is 5.41 Å². The minimum Gasteiger partial charge on any atom is -0.380 e. The van der Waals surface area contributed by atoms with Crippen molar-refractivity contribution in [1.82, 2.24) is 0 Å². The predicted molar refractivity (Wildman–Crippen MR) is 48.0 cm³/mol. The molecule has 0 aliphatic heterocycles. The van der Waals surface area contributed by atoms with E-state index in [2.05, 4.69) is 13.8 Å². The minimum atomic E-state index is 0.125. The molecule has 1 aliphatic rings. The van der Waals surface area contributed by atoms with Gasteiger partial charge < -0.3 is 4.74 Å². The number of rotatable bonds is 2. The van der Waals surface area contributed by atoms with Crippen LogP contribution in [-0.4, -0.2) is 19.5 Å². The Morgan fingerprint density at radius 3 is 2.67 bits per heavy atom. The summed E-state index contributed by atoms with van der Waals surface area (Å²) in [6, 6.07) is 0. The number of allylic oxidation sites excluding steroid dienone is 1.